The lowest BCUT2D eigenvalue weighted by Crippen LogP contribution is -2.66. The first kappa shape index (κ1) is 90.7. The second-order valence-corrected chi connectivity index (χ2v) is 29.6. The number of unbranched alkanes of at least 4 members (excludes halogenated alkanes) is 50. The summed E-state index contributed by atoms with van der Waals surface area (Å²) in [4.78, 5) is 13.5. The molecule has 580 valence electrons. The molecule has 0 aromatic rings. The summed E-state index contributed by atoms with van der Waals surface area (Å²) in [6.45, 7) is 1.81. The van der Waals surface area contributed by atoms with E-state index in [2.05, 4.69) is 19.2 Å². The summed E-state index contributed by atoms with van der Waals surface area (Å²) >= 11 is 0. The van der Waals surface area contributed by atoms with Gasteiger partial charge in [0.25, 0.3) is 0 Å². The van der Waals surface area contributed by atoms with Crippen LogP contribution < -0.4 is 5.32 Å². The van der Waals surface area contributed by atoms with Crippen molar-refractivity contribution in [3.05, 3.63) is 12.2 Å². The highest BCUT2D eigenvalue weighted by atomic mass is 16.8. The van der Waals surface area contributed by atoms with Crippen LogP contribution in [0.3, 0.4) is 0 Å². The number of allylic oxidation sites excluding steroid dienone is 1. The van der Waals surface area contributed by atoms with Gasteiger partial charge in [-0.2, -0.15) is 0 Å². The van der Waals surface area contributed by atoms with E-state index in [0.29, 0.717) is 6.42 Å². The summed E-state index contributed by atoms with van der Waals surface area (Å²) in [5.41, 5.74) is 0. The first-order valence-electron chi connectivity index (χ1n) is 40.9. The monoisotopic (exact) mass is 1400 g/mol. The van der Waals surface area contributed by atoms with Crippen molar-refractivity contribution in [2.24, 2.45) is 0 Å². The zero-order valence-electron chi connectivity index (χ0n) is 62.1. The van der Waals surface area contributed by atoms with Crippen molar-refractivity contribution >= 4 is 5.91 Å². The van der Waals surface area contributed by atoms with Gasteiger partial charge in [-0.05, 0) is 19.3 Å². The number of carbonyl (C=O) groups excluding carboxylic acids is 1. The fourth-order valence-corrected chi connectivity index (χ4v) is 14.3. The van der Waals surface area contributed by atoms with Gasteiger partial charge in [0.2, 0.25) is 5.91 Å². The van der Waals surface area contributed by atoms with E-state index in [1.54, 1.807) is 6.08 Å². The van der Waals surface area contributed by atoms with Crippen LogP contribution in [0.4, 0.5) is 0 Å². The third-order valence-corrected chi connectivity index (χ3v) is 20.8. The standard InChI is InChI=1S/C79H151NO18/c1-3-5-7-9-11-13-15-17-19-21-23-25-27-28-29-30-31-32-33-35-36-38-40-42-44-46-48-50-52-54-56-63(84)62(80-67(85)57-55-53-51-49-47-45-43-41-39-37-34-26-24-22-20-18-16-14-12-10-8-6-4-2)61-93-77-73(91)70(88)75(65(59-82)95-77)98-79-74(92)71(89)76(66(60-83)96-79)97-78-72(90)69(87)68(86)64(58-81)94-78/h54,56,62-66,68-79,81-84,86-92H,3-53,55,57-61H2,1-2H3,(H,80,85)/b56-54+. The van der Waals surface area contributed by atoms with Crippen LogP contribution in [0, 0.1) is 0 Å². The zero-order valence-corrected chi connectivity index (χ0v) is 62.1. The van der Waals surface area contributed by atoms with E-state index in [0.717, 1.165) is 44.9 Å². The van der Waals surface area contributed by atoms with Crippen molar-refractivity contribution in [2.75, 3.05) is 26.4 Å². The molecule has 0 saturated carbocycles. The molecule has 17 atom stereocenters. The molecular weight excluding hydrogens is 1250 g/mol. The Labute approximate surface area is 595 Å². The number of aliphatic hydroxyl groups excluding tert-OH is 11. The zero-order chi connectivity index (χ0) is 71.1. The van der Waals surface area contributed by atoms with Gasteiger partial charge in [0.15, 0.2) is 18.9 Å². The summed E-state index contributed by atoms with van der Waals surface area (Å²) in [7, 11) is 0. The molecule has 17 unspecified atom stereocenters. The van der Waals surface area contributed by atoms with Crippen molar-refractivity contribution in [3.63, 3.8) is 0 Å². The third kappa shape index (κ3) is 40.7. The smallest absolute Gasteiger partial charge is 0.220 e. The summed E-state index contributed by atoms with van der Waals surface area (Å²) in [5.74, 6) is -0.266. The molecule has 3 saturated heterocycles. The minimum Gasteiger partial charge on any atom is -0.394 e. The average Bonchev–Trinajstić information content (AvgIpc) is 0.785. The Bertz CT molecular complexity index is 1820. The van der Waals surface area contributed by atoms with Crippen molar-refractivity contribution in [2.45, 2.75) is 458 Å². The molecule has 0 bridgehead atoms. The van der Waals surface area contributed by atoms with E-state index in [9.17, 15) is 61.0 Å². The van der Waals surface area contributed by atoms with Gasteiger partial charge < -0.3 is 89.9 Å². The minimum absolute atomic E-state index is 0.250. The lowest BCUT2D eigenvalue weighted by molar-refractivity contribution is -0.379. The largest absolute Gasteiger partial charge is 0.394 e. The maximum Gasteiger partial charge on any atom is 0.220 e. The lowest BCUT2D eigenvalue weighted by atomic mass is 9.96. The second-order valence-electron chi connectivity index (χ2n) is 29.6. The second kappa shape index (κ2) is 60.8. The van der Waals surface area contributed by atoms with Gasteiger partial charge in [0.05, 0.1) is 38.6 Å². The van der Waals surface area contributed by atoms with Crippen molar-refractivity contribution in [1.82, 2.24) is 5.32 Å². The Morgan fingerprint density at radius 1 is 0.357 bits per heavy atom. The normalized spacial score (nSPS) is 26.7. The number of carbonyl (C=O) groups is 1. The van der Waals surface area contributed by atoms with Crippen LogP contribution in [0.15, 0.2) is 12.2 Å². The van der Waals surface area contributed by atoms with Crippen LogP contribution in [0.2, 0.25) is 0 Å². The van der Waals surface area contributed by atoms with Crippen LogP contribution in [0.25, 0.3) is 0 Å². The highest BCUT2D eigenvalue weighted by molar-refractivity contribution is 5.76. The van der Waals surface area contributed by atoms with Crippen LogP contribution in [-0.4, -0.2) is 193 Å². The highest BCUT2D eigenvalue weighted by Crippen LogP contribution is 2.33. The molecule has 0 aromatic carbocycles. The maximum atomic E-state index is 13.5. The fraction of sp³-hybridized carbons (Fsp3) is 0.962. The van der Waals surface area contributed by atoms with E-state index < -0.39 is 124 Å². The number of hydrogen-bond acceptors (Lipinski definition) is 18. The van der Waals surface area contributed by atoms with Crippen LogP contribution >= 0.6 is 0 Å². The van der Waals surface area contributed by atoms with Gasteiger partial charge in [-0.1, -0.05) is 341 Å². The van der Waals surface area contributed by atoms with E-state index >= 15 is 0 Å². The summed E-state index contributed by atoms with van der Waals surface area (Å²) in [5, 5.41) is 121. The van der Waals surface area contributed by atoms with Gasteiger partial charge >= 0.3 is 0 Å². The Kier molecular flexibility index (Phi) is 56.3. The summed E-state index contributed by atoms with van der Waals surface area (Å²) in [6.07, 6.45) is 44.9. The van der Waals surface area contributed by atoms with E-state index in [-0.39, 0.29) is 18.9 Å². The minimum atomic E-state index is -1.98. The highest BCUT2D eigenvalue weighted by Gasteiger charge is 2.54. The van der Waals surface area contributed by atoms with E-state index in [1.165, 1.54) is 283 Å². The topological polar surface area (TPSA) is 307 Å². The molecule has 3 fully saturated rings. The van der Waals surface area contributed by atoms with Gasteiger partial charge in [0, 0.05) is 6.42 Å². The molecule has 3 rings (SSSR count). The number of ether oxygens (including phenoxy) is 6. The summed E-state index contributed by atoms with van der Waals surface area (Å²) < 4.78 is 34.5. The summed E-state index contributed by atoms with van der Waals surface area (Å²) in [6, 6.07) is -0.970. The Hall–Kier alpha value is -1.47. The van der Waals surface area contributed by atoms with Gasteiger partial charge in [0.1, 0.15) is 73.2 Å². The molecule has 19 heteroatoms. The quantitative estimate of drug-likeness (QED) is 0.0199. The van der Waals surface area contributed by atoms with Crippen LogP contribution in [0.1, 0.15) is 354 Å². The number of aliphatic hydroxyl groups is 11. The molecule has 98 heavy (non-hydrogen) atoms. The Balaban J connectivity index is 1.37. The predicted octanol–water partition coefficient (Wildman–Crippen LogP) is 13.6. The van der Waals surface area contributed by atoms with Crippen LogP contribution in [-0.2, 0) is 33.2 Å². The Morgan fingerprint density at radius 2 is 0.633 bits per heavy atom. The van der Waals surface area contributed by atoms with E-state index in [4.69, 9.17) is 28.4 Å². The number of rotatable bonds is 66. The molecule has 0 aromatic heterocycles. The molecule has 12 N–H and O–H groups in total. The molecule has 3 heterocycles. The first-order chi connectivity index (χ1) is 47.8. The lowest BCUT2D eigenvalue weighted by Gasteiger charge is -2.48. The molecule has 3 aliphatic rings. The van der Waals surface area contributed by atoms with Gasteiger partial charge in [-0.3, -0.25) is 4.79 Å². The van der Waals surface area contributed by atoms with Crippen molar-refractivity contribution < 1.29 is 89.4 Å². The SMILES string of the molecule is CCCCCCCCCCCCCCCCCCCCCCCCCCCCCC/C=C/C(O)C(COC1OC(CO)C(OC2OC(CO)C(OC3OC(CO)C(O)C(O)C3O)C(O)C2O)C(O)C1O)NC(=O)CCCCCCCCCCCCCCCCCCCCCCCCC. The number of amides is 1. The van der Waals surface area contributed by atoms with Crippen LogP contribution in [0.5, 0.6) is 0 Å². The molecule has 0 radical (unpaired) electrons. The average molecular weight is 1400 g/mol. The maximum absolute atomic E-state index is 13.5. The number of hydrogen-bond donors (Lipinski definition) is 12. The number of nitrogens with one attached hydrogen (secondary N) is 1. The van der Waals surface area contributed by atoms with E-state index in [1.807, 2.05) is 6.08 Å². The third-order valence-electron chi connectivity index (χ3n) is 20.8. The van der Waals surface area contributed by atoms with Gasteiger partial charge in [-0.15, -0.1) is 0 Å². The fourth-order valence-electron chi connectivity index (χ4n) is 14.3. The molecule has 1 amide bonds. The molecular formula is C79H151NO18. The van der Waals surface area contributed by atoms with Crippen molar-refractivity contribution in [3.8, 4) is 0 Å². The van der Waals surface area contributed by atoms with Gasteiger partial charge in [-0.25, -0.2) is 0 Å². The molecule has 19 nitrogen and oxygen atoms in total. The molecule has 0 aliphatic carbocycles. The molecule has 0 spiro atoms. The molecule has 3 aliphatic heterocycles. The first-order valence-corrected chi connectivity index (χ1v) is 40.9. The van der Waals surface area contributed by atoms with Crippen molar-refractivity contribution in [1.29, 1.82) is 0 Å². The Morgan fingerprint density at radius 3 is 0.959 bits per heavy atom. The predicted molar refractivity (Wildman–Crippen MR) is 388 cm³/mol.